The van der Waals surface area contributed by atoms with Crippen molar-refractivity contribution in [3.63, 3.8) is 0 Å². The molecular weight excluding hydrogens is 657 g/mol. The van der Waals surface area contributed by atoms with Gasteiger partial charge in [0.25, 0.3) is 0 Å². The molecule has 0 saturated heterocycles. The first-order valence-electron chi connectivity index (χ1n) is 18.8. The average molecular weight is 691 g/mol. The van der Waals surface area contributed by atoms with Crippen LogP contribution in [0.3, 0.4) is 0 Å². The van der Waals surface area contributed by atoms with Gasteiger partial charge < -0.3 is 13.6 Å². The second kappa shape index (κ2) is 10.6. The van der Waals surface area contributed by atoms with Crippen LogP contribution in [0.5, 0.6) is 0 Å². The van der Waals surface area contributed by atoms with Crippen molar-refractivity contribution in [2.45, 2.75) is 19.3 Å². The molecule has 0 atom stereocenters. The van der Waals surface area contributed by atoms with Crippen LogP contribution in [-0.2, 0) is 5.41 Å². The fraction of sp³-hybridized carbons (Fsp3) is 0.0588. The maximum absolute atomic E-state index is 6.57. The topological polar surface area (TPSA) is 23.0 Å². The van der Waals surface area contributed by atoms with E-state index in [2.05, 4.69) is 187 Å². The third kappa shape index (κ3) is 3.91. The Labute approximate surface area is 311 Å². The summed E-state index contributed by atoms with van der Waals surface area (Å²) >= 11 is 0. The van der Waals surface area contributed by atoms with Crippen molar-refractivity contribution in [1.29, 1.82) is 0 Å². The predicted molar refractivity (Wildman–Crippen MR) is 225 cm³/mol. The van der Waals surface area contributed by atoms with Gasteiger partial charge in [-0.15, -0.1) is 0 Å². The SMILES string of the molecule is CC1(C)c2cc(-n3c4ccccc4c4cc(-c5ccc6c(c5)c5ccccc5n6-c5ccccc5)ccc43)ccc2-c2c1ccc1c2oc2ccccc21. The molecule has 0 amide bonds. The normalized spacial score (nSPS) is 13.5. The van der Waals surface area contributed by atoms with Gasteiger partial charge in [0.05, 0.1) is 22.1 Å². The lowest BCUT2D eigenvalue weighted by molar-refractivity contribution is 0.653. The van der Waals surface area contributed by atoms with Crippen molar-refractivity contribution in [2.75, 3.05) is 0 Å². The Morgan fingerprint density at radius 1 is 0.407 bits per heavy atom. The Morgan fingerprint density at radius 2 is 0.981 bits per heavy atom. The first-order chi connectivity index (χ1) is 26.5. The van der Waals surface area contributed by atoms with Gasteiger partial charge in [0.1, 0.15) is 11.2 Å². The van der Waals surface area contributed by atoms with E-state index >= 15 is 0 Å². The molecule has 11 aromatic rings. The zero-order valence-electron chi connectivity index (χ0n) is 30.0. The number of rotatable bonds is 3. The zero-order chi connectivity index (χ0) is 35.7. The maximum Gasteiger partial charge on any atom is 0.143 e. The minimum atomic E-state index is -0.179. The Hall–Kier alpha value is -6.84. The monoisotopic (exact) mass is 690 g/mol. The average Bonchev–Trinajstić information content (AvgIpc) is 3.93. The van der Waals surface area contributed by atoms with Crippen molar-refractivity contribution in [1.82, 2.24) is 9.13 Å². The first kappa shape index (κ1) is 29.7. The number of aromatic nitrogens is 2. The number of para-hydroxylation sites is 4. The maximum atomic E-state index is 6.57. The summed E-state index contributed by atoms with van der Waals surface area (Å²) in [5.41, 5.74) is 16.5. The molecule has 3 aromatic heterocycles. The van der Waals surface area contributed by atoms with Crippen LogP contribution in [0.4, 0.5) is 0 Å². The Bertz CT molecular complexity index is 3350. The van der Waals surface area contributed by atoms with E-state index in [4.69, 9.17) is 4.42 Å². The van der Waals surface area contributed by atoms with Crippen LogP contribution in [0.15, 0.2) is 174 Å². The molecule has 0 radical (unpaired) electrons. The van der Waals surface area contributed by atoms with Gasteiger partial charge in [-0.05, 0) is 94.5 Å². The summed E-state index contributed by atoms with van der Waals surface area (Å²) in [5, 5.41) is 7.37. The molecule has 0 bridgehead atoms. The standard InChI is InChI=1S/C51H34N2O/c1-51(2)42-25-24-38-37-16-8-11-19-48(37)54-50(38)49(42)39-23-22-34(30-43(39)51)53-45-18-10-7-15-36(45)41-29-32(21-27-47(41)53)31-20-26-46-40(28-31)35-14-6-9-17-44(35)52(46)33-12-4-3-5-13-33/h3-30H,1-2H3. The molecular formula is C51H34N2O. The first-order valence-corrected chi connectivity index (χ1v) is 18.8. The number of benzene rings is 8. The van der Waals surface area contributed by atoms with Gasteiger partial charge in [-0.3, -0.25) is 0 Å². The minimum absolute atomic E-state index is 0.179. The molecule has 8 aromatic carbocycles. The van der Waals surface area contributed by atoms with E-state index in [9.17, 15) is 0 Å². The van der Waals surface area contributed by atoms with Crippen molar-refractivity contribution in [2.24, 2.45) is 0 Å². The molecule has 3 heterocycles. The number of furan rings is 1. The van der Waals surface area contributed by atoms with Crippen molar-refractivity contribution in [3.8, 4) is 33.6 Å². The molecule has 3 nitrogen and oxygen atoms in total. The van der Waals surface area contributed by atoms with Gasteiger partial charge in [-0.1, -0.05) is 117 Å². The number of hydrogen-bond acceptors (Lipinski definition) is 1. The van der Waals surface area contributed by atoms with Crippen LogP contribution in [0, 0.1) is 0 Å². The second-order valence-electron chi connectivity index (χ2n) is 15.3. The Kier molecular flexibility index (Phi) is 5.84. The summed E-state index contributed by atoms with van der Waals surface area (Å²) in [6, 6.07) is 62.1. The van der Waals surface area contributed by atoms with E-state index in [0.29, 0.717) is 0 Å². The molecule has 0 aliphatic heterocycles. The smallest absolute Gasteiger partial charge is 0.143 e. The van der Waals surface area contributed by atoms with Crippen molar-refractivity contribution < 1.29 is 4.42 Å². The summed E-state index contributed by atoms with van der Waals surface area (Å²) in [6.07, 6.45) is 0. The summed E-state index contributed by atoms with van der Waals surface area (Å²) in [4.78, 5) is 0. The molecule has 0 spiro atoms. The molecule has 254 valence electrons. The molecule has 12 rings (SSSR count). The Balaban J connectivity index is 1.02. The van der Waals surface area contributed by atoms with Crippen LogP contribution < -0.4 is 0 Å². The number of fused-ring (bicyclic) bond motifs is 13. The predicted octanol–water partition coefficient (Wildman–Crippen LogP) is 13.8. The van der Waals surface area contributed by atoms with E-state index < -0.39 is 0 Å². The van der Waals surface area contributed by atoms with Crippen LogP contribution in [-0.4, -0.2) is 9.13 Å². The third-order valence-corrected chi connectivity index (χ3v) is 12.1. The van der Waals surface area contributed by atoms with Crippen molar-refractivity contribution >= 4 is 65.6 Å². The molecule has 0 fully saturated rings. The fourth-order valence-corrected chi connectivity index (χ4v) is 9.57. The Morgan fingerprint density at radius 3 is 1.67 bits per heavy atom. The van der Waals surface area contributed by atoms with E-state index in [1.54, 1.807) is 0 Å². The van der Waals surface area contributed by atoms with Gasteiger partial charge in [0.2, 0.25) is 0 Å². The van der Waals surface area contributed by atoms with Gasteiger partial charge in [-0.25, -0.2) is 0 Å². The second-order valence-corrected chi connectivity index (χ2v) is 15.3. The van der Waals surface area contributed by atoms with Crippen LogP contribution in [0.25, 0.3) is 99.2 Å². The fourth-order valence-electron chi connectivity index (χ4n) is 9.57. The molecule has 3 heteroatoms. The highest BCUT2D eigenvalue weighted by molar-refractivity contribution is 6.14. The van der Waals surface area contributed by atoms with Gasteiger partial charge in [0, 0.05) is 54.7 Å². The zero-order valence-corrected chi connectivity index (χ0v) is 30.0. The lowest BCUT2D eigenvalue weighted by Gasteiger charge is -2.22. The van der Waals surface area contributed by atoms with Crippen molar-refractivity contribution in [3.05, 3.63) is 181 Å². The highest BCUT2D eigenvalue weighted by atomic mass is 16.3. The van der Waals surface area contributed by atoms with Crippen LogP contribution >= 0.6 is 0 Å². The largest absolute Gasteiger partial charge is 0.455 e. The number of hydrogen-bond donors (Lipinski definition) is 0. The summed E-state index contributed by atoms with van der Waals surface area (Å²) in [7, 11) is 0. The van der Waals surface area contributed by atoms with E-state index in [1.165, 1.54) is 99.1 Å². The molecule has 0 saturated carbocycles. The van der Waals surface area contributed by atoms with E-state index in [1.807, 2.05) is 6.07 Å². The molecule has 1 aliphatic carbocycles. The van der Waals surface area contributed by atoms with Gasteiger partial charge in [-0.2, -0.15) is 0 Å². The van der Waals surface area contributed by atoms with Crippen LogP contribution in [0.2, 0.25) is 0 Å². The third-order valence-electron chi connectivity index (χ3n) is 12.1. The highest BCUT2D eigenvalue weighted by Crippen LogP contribution is 2.53. The van der Waals surface area contributed by atoms with Gasteiger partial charge >= 0.3 is 0 Å². The number of nitrogens with zero attached hydrogens (tertiary/aromatic N) is 2. The summed E-state index contributed by atoms with van der Waals surface area (Å²) in [5.74, 6) is 0. The molecule has 54 heavy (non-hydrogen) atoms. The molecule has 0 unspecified atom stereocenters. The van der Waals surface area contributed by atoms with Crippen LogP contribution in [0.1, 0.15) is 25.0 Å². The quantitative estimate of drug-likeness (QED) is 0.181. The van der Waals surface area contributed by atoms with E-state index in [0.717, 1.165) is 11.2 Å². The molecule has 0 N–H and O–H groups in total. The van der Waals surface area contributed by atoms with E-state index in [-0.39, 0.29) is 5.41 Å². The lowest BCUT2D eigenvalue weighted by atomic mass is 9.82. The molecule has 1 aliphatic rings. The minimum Gasteiger partial charge on any atom is -0.455 e. The lowest BCUT2D eigenvalue weighted by Crippen LogP contribution is -2.15. The van der Waals surface area contributed by atoms with Gasteiger partial charge in [0.15, 0.2) is 0 Å². The summed E-state index contributed by atoms with van der Waals surface area (Å²) < 4.78 is 11.4. The highest BCUT2D eigenvalue weighted by Gasteiger charge is 2.38. The summed E-state index contributed by atoms with van der Waals surface area (Å²) in [6.45, 7) is 4.70.